The Morgan fingerprint density at radius 2 is 1.56 bits per heavy atom. The number of carbonyl (C=O) groups is 2. The number of nitrogens with zero attached hydrogens (tertiary/aromatic N) is 3. The zero-order valence-electron chi connectivity index (χ0n) is 11.1. The van der Waals surface area contributed by atoms with E-state index in [9.17, 15) is 9.59 Å². The molecule has 0 aliphatic heterocycles. The van der Waals surface area contributed by atoms with E-state index in [1.54, 1.807) is 25.9 Å². The summed E-state index contributed by atoms with van der Waals surface area (Å²) < 4.78 is 0. The maximum absolute atomic E-state index is 11.9. The van der Waals surface area contributed by atoms with Gasteiger partial charge in [0.05, 0.1) is 6.04 Å². The molecule has 0 spiro atoms. The van der Waals surface area contributed by atoms with Gasteiger partial charge in [-0.2, -0.15) is 0 Å². The highest BCUT2D eigenvalue weighted by Gasteiger charge is 2.21. The molecule has 0 rings (SSSR count). The molecule has 0 heterocycles. The molecule has 0 aliphatic carbocycles. The van der Waals surface area contributed by atoms with Crippen LogP contribution in [0.2, 0.25) is 0 Å². The van der Waals surface area contributed by atoms with Crippen molar-refractivity contribution in [1.82, 2.24) is 14.7 Å². The van der Waals surface area contributed by atoms with Gasteiger partial charge >= 0.3 is 6.03 Å². The molecule has 0 aliphatic rings. The summed E-state index contributed by atoms with van der Waals surface area (Å²) in [4.78, 5) is 28.1. The van der Waals surface area contributed by atoms with Crippen LogP contribution in [0.5, 0.6) is 0 Å². The van der Waals surface area contributed by atoms with Crippen LogP contribution >= 0.6 is 0 Å². The molecule has 94 valence electrons. The van der Waals surface area contributed by atoms with E-state index >= 15 is 0 Å². The summed E-state index contributed by atoms with van der Waals surface area (Å²) in [6.45, 7) is 4.69. The van der Waals surface area contributed by atoms with E-state index in [0.29, 0.717) is 6.54 Å². The van der Waals surface area contributed by atoms with E-state index in [1.807, 2.05) is 19.0 Å². The van der Waals surface area contributed by atoms with E-state index in [4.69, 9.17) is 0 Å². The Morgan fingerprint density at radius 3 is 1.94 bits per heavy atom. The molecule has 0 N–H and O–H groups in total. The molecular formula is C11H23N3O2. The first-order chi connectivity index (χ1) is 7.27. The van der Waals surface area contributed by atoms with E-state index < -0.39 is 0 Å². The number of ketones is 1. The summed E-state index contributed by atoms with van der Waals surface area (Å²) in [5.74, 6) is -0.00291. The molecule has 1 unspecified atom stereocenters. The summed E-state index contributed by atoms with van der Waals surface area (Å²) in [6.07, 6.45) is 0. The topological polar surface area (TPSA) is 43.9 Å². The number of urea groups is 1. The molecular weight excluding hydrogens is 206 g/mol. The lowest BCUT2D eigenvalue weighted by atomic mass is 10.2. The highest BCUT2D eigenvalue weighted by molar-refractivity contribution is 5.86. The summed E-state index contributed by atoms with van der Waals surface area (Å²) in [5.41, 5.74) is 0. The minimum atomic E-state index is -0.366. The minimum Gasteiger partial charge on any atom is -0.326 e. The molecule has 0 aromatic carbocycles. The van der Waals surface area contributed by atoms with Gasteiger partial charge in [-0.3, -0.25) is 4.79 Å². The molecule has 0 aromatic rings. The molecule has 16 heavy (non-hydrogen) atoms. The number of hydrogen-bond acceptors (Lipinski definition) is 3. The van der Waals surface area contributed by atoms with Crippen LogP contribution in [0.15, 0.2) is 0 Å². The minimum absolute atomic E-state index is 0.00291. The quantitative estimate of drug-likeness (QED) is 0.690. The third-order valence-electron chi connectivity index (χ3n) is 2.68. The lowest BCUT2D eigenvalue weighted by molar-refractivity contribution is -0.120. The molecule has 0 fully saturated rings. The van der Waals surface area contributed by atoms with Crippen LogP contribution in [-0.4, -0.2) is 73.8 Å². The Labute approximate surface area is 98.0 Å². The van der Waals surface area contributed by atoms with Gasteiger partial charge in [-0.05, 0) is 27.9 Å². The van der Waals surface area contributed by atoms with Gasteiger partial charge in [-0.1, -0.05) is 0 Å². The van der Waals surface area contributed by atoms with Crippen molar-refractivity contribution < 1.29 is 9.59 Å². The van der Waals surface area contributed by atoms with Gasteiger partial charge < -0.3 is 14.7 Å². The average Bonchev–Trinajstić information content (AvgIpc) is 2.22. The van der Waals surface area contributed by atoms with Gasteiger partial charge in [-0.15, -0.1) is 0 Å². The van der Waals surface area contributed by atoms with Crippen molar-refractivity contribution in [3.8, 4) is 0 Å². The monoisotopic (exact) mass is 229 g/mol. The van der Waals surface area contributed by atoms with Crippen LogP contribution in [0, 0.1) is 0 Å². The predicted molar refractivity (Wildman–Crippen MR) is 64.5 cm³/mol. The fourth-order valence-corrected chi connectivity index (χ4v) is 1.15. The first kappa shape index (κ1) is 14.9. The number of likely N-dealkylation sites (N-methyl/N-ethyl adjacent to an activating group) is 3. The van der Waals surface area contributed by atoms with E-state index in [0.717, 1.165) is 6.54 Å². The summed E-state index contributed by atoms with van der Waals surface area (Å²) in [5, 5.41) is 0. The number of amides is 2. The van der Waals surface area contributed by atoms with Crippen LogP contribution in [-0.2, 0) is 4.79 Å². The number of rotatable bonds is 5. The summed E-state index contributed by atoms with van der Waals surface area (Å²) >= 11 is 0. The maximum Gasteiger partial charge on any atom is 0.320 e. The standard InChI is InChI=1S/C11H23N3O2/c1-9(10(2)15)14(6)11(16)13(5)8-7-12(3)4/h9H,7-8H2,1-6H3. The molecule has 0 saturated heterocycles. The van der Waals surface area contributed by atoms with Crippen LogP contribution in [0.25, 0.3) is 0 Å². The van der Waals surface area contributed by atoms with Crippen molar-refractivity contribution in [2.24, 2.45) is 0 Å². The lowest BCUT2D eigenvalue weighted by Gasteiger charge is -2.29. The van der Waals surface area contributed by atoms with Gasteiger partial charge in [0, 0.05) is 27.2 Å². The predicted octanol–water partition coefficient (Wildman–Crippen LogP) is 0.509. The number of Topliss-reactive ketones (excluding diaryl/α,β-unsaturated/α-hetero) is 1. The molecule has 5 nitrogen and oxygen atoms in total. The van der Waals surface area contributed by atoms with Gasteiger partial charge in [0.1, 0.15) is 0 Å². The smallest absolute Gasteiger partial charge is 0.320 e. The third-order valence-corrected chi connectivity index (χ3v) is 2.68. The fourth-order valence-electron chi connectivity index (χ4n) is 1.15. The molecule has 0 saturated carbocycles. The Balaban J connectivity index is 4.26. The molecule has 0 radical (unpaired) electrons. The molecule has 5 heteroatoms. The highest BCUT2D eigenvalue weighted by atomic mass is 16.2. The van der Waals surface area contributed by atoms with Crippen molar-refractivity contribution in [3.63, 3.8) is 0 Å². The third kappa shape index (κ3) is 4.61. The molecule has 0 aromatic heterocycles. The second-order valence-corrected chi connectivity index (χ2v) is 4.40. The first-order valence-corrected chi connectivity index (χ1v) is 5.40. The first-order valence-electron chi connectivity index (χ1n) is 5.40. The fraction of sp³-hybridized carbons (Fsp3) is 0.818. The van der Waals surface area contributed by atoms with Crippen molar-refractivity contribution >= 4 is 11.8 Å². The zero-order chi connectivity index (χ0) is 12.9. The van der Waals surface area contributed by atoms with Gasteiger partial charge in [0.15, 0.2) is 5.78 Å². The second-order valence-electron chi connectivity index (χ2n) is 4.40. The lowest BCUT2D eigenvalue weighted by Crippen LogP contribution is -2.47. The van der Waals surface area contributed by atoms with E-state index in [2.05, 4.69) is 0 Å². The van der Waals surface area contributed by atoms with Gasteiger partial charge in [-0.25, -0.2) is 4.79 Å². The SMILES string of the molecule is CC(=O)C(C)N(C)C(=O)N(C)CCN(C)C. The Bertz CT molecular complexity index is 254. The van der Waals surface area contributed by atoms with E-state index in [1.165, 1.54) is 11.8 Å². The van der Waals surface area contributed by atoms with Crippen LogP contribution in [0.3, 0.4) is 0 Å². The average molecular weight is 229 g/mol. The van der Waals surface area contributed by atoms with Crippen molar-refractivity contribution in [2.75, 3.05) is 41.3 Å². The van der Waals surface area contributed by atoms with Crippen molar-refractivity contribution in [3.05, 3.63) is 0 Å². The van der Waals surface area contributed by atoms with Gasteiger partial charge in [0.25, 0.3) is 0 Å². The zero-order valence-corrected chi connectivity index (χ0v) is 11.1. The Morgan fingerprint density at radius 1 is 1.06 bits per heavy atom. The van der Waals surface area contributed by atoms with Crippen LogP contribution < -0.4 is 0 Å². The summed E-state index contributed by atoms with van der Waals surface area (Å²) in [7, 11) is 7.32. The Hall–Kier alpha value is -1.10. The van der Waals surface area contributed by atoms with Crippen LogP contribution in [0.4, 0.5) is 4.79 Å². The molecule has 1 atom stereocenters. The largest absolute Gasteiger partial charge is 0.326 e. The maximum atomic E-state index is 11.9. The van der Waals surface area contributed by atoms with Crippen LogP contribution in [0.1, 0.15) is 13.8 Å². The van der Waals surface area contributed by atoms with E-state index in [-0.39, 0.29) is 17.9 Å². The Kier molecular flexibility index (Phi) is 6.03. The highest BCUT2D eigenvalue weighted by Crippen LogP contribution is 2.01. The second kappa shape index (κ2) is 6.48. The van der Waals surface area contributed by atoms with Gasteiger partial charge in [0.2, 0.25) is 0 Å². The molecule has 2 amide bonds. The number of carbonyl (C=O) groups excluding carboxylic acids is 2. The van der Waals surface area contributed by atoms with Crippen molar-refractivity contribution in [2.45, 2.75) is 19.9 Å². The van der Waals surface area contributed by atoms with Crippen molar-refractivity contribution in [1.29, 1.82) is 0 Å². The molecule has 0 bridgehead atoms. The normalized spacial score (nSPS) is 12.4. The summed E-state index contributed by atoms with van der Waals surface area (Å²) in [6, 6.07) is -0.487. The number of hydrogen-bond donors (Lipinski definition) is 0.